The highest BCUT2D eigenvalue weighted by atomic mass is 16.6. The van der Waals surface area contributed by atoms with Gasteiger partial charge in [0.25, 0.3) is 11.6 Å². The van der Waals surface area contributed by atoms with Crippen molar-refractivity contribution in [1.29, 1.82) is 0 Å². The van der Waals surface area contributed by atoms with Gasteiger partial charge in [-0.3, -0.25) is 14.9 Å². The third kappa shape index (κ3) is 2.83. The maximum Gasteiger partial charge on any atom is 0.270 e. The number of nitro benzene ring substituents is 1. The second kappa shape index (κ2) is 5.69. The van der Waals surface area contributed by atoms with Crippen molar-refractivity contribution in [3.63, 3.8) is 0 Å². The summed E-state index contributed by atoms with van der Waals surface area (Å²) in [6.07, 6.45) is 1.95. The zero-order valence-corrected chi connectivity index (χ0v) is 10.8. The minimum atomic E-state index is -0.503. The number of hydrogen-bond acceptors (Lipinski definition) is 4. The third-order valence-corrected chi connectivity index (χ3v) is 3.10. The highest BCUT2D eigenvalue weighted by molar-refractivity contribution is 5.97. The van der Waals surface area contributed by atoms with Gasteiger partial charge in [0, 0.05) is 25.2 Å². The summed E-state index contributed by atoms with van der Waals surface area (Å²) < 4.78 is 5.38. The monoisotopic (exact) mass is 264 g/mol. The topological polar surface area (TPSA) is 72.7 Å². The van der Waals surface area contributed by atoms with Crippen LogP contribution in [-0.2, 0) is 0 Å². The molecule has 0 spiro atoms. The molecule has 1 saturated heterocycles. The molecule has 0 atom stereocenters. The largest absolute Gasteiger partial charge is 0.493 e. The maximum atomic E-state index is 12.3. The molecule has 102 valence electrons. The number of hydrogen-bond donors (Lipinski definition) is 0. The lowest BCUT2D eigenvalue weighted by Crippen LogP contribution is -2.28. The second-order valence-electron chi connectivity index (χ2n) is 4.37. The van der Waals surface area contributed by atoms with Crippen molar-refractivity contribution in [2.45, 2.75) is 19.8 Å². The average Bonchev–Trinajstić information content (AvgIpc) is 2.92. The first-order chi connectivity index (χ1) is 9.13. The molecule has 0 bridgehead atoms. The van der Waals surface area contributed by atoms with Crippen molar-refractivity contribution >= 4 is 11.6 Å². The molecule has 1 heterocycles. The van der Waals surface area contributed by atoms with Gasteiger partial charge in [0.1, 0.15) is 5.75 Å². The van der Waals surface area contributed by atoms with E-state index in [2.05, 4.69) is 0 Å². The molecule has 0 N–H and O–H groups in total. The van der Waals surface area contributed by atoms with E-state index in [0.29, 0.717) is 25.4 Å². The molecule has 19 heavy (non-hydrogen) atoms. The molecular weight excluding hydrogens is 248 g/mol. The molecule has 2 rings (SSSR count). The van der Waals surface area contributed by atoms with Crippen molar-refractivity contribution in [3.8, 4) is 5.75 Å². The van der Waals surface area contributed by atoms with Crippen LogP contribution in [0.15, 0.2) is 18.2 Å². The van der Waals surface area contributed by atoms with Gasteiger partial charge in [0.05, 0.1) is 17.1 Å². The van der Waals surface area contributed by atoms with Gasteiger partial charge >= 0.3 is 0 Å². The van der Waals surface area contributed by atoms with Crippen molar-refractivity contribution in [1.82, 2.24) is 4.90 Å². The first kappa shape index (κ1) is 13.3. The van der Waals surface area contributed by atoms with Crippen molar-refractivity contribution in [2.75, 3.05) is 19.7 Å². The summed E-state index contributed by atoms with van der Waals surface area (Å²) in [5.74, 6) is 0.217. The molecular formula is C13H16N2O4. The molecule has 0 radical (unpaired) electrons. The third-order valence-electron chi connectivity index (χ3n) is 3.10. The van der Waals surface area contributed by atoms with Crippen LogP contribution in [0.2, 0.25) is 0 Å². The Morgan fingerprint density at radius 3 is 2.68 bits per heavy atom. The molecule has 1 aliphatic rings. The fraction of sp³-hybridized carbons (Fsp3) is 0.462. The van der Waals surface area contributed by atoms with Gasteiger partial charge in [-0.2, -0.15) is 0 Å². The molecule has 1 fully saturated rings. The summed E-state index contributed by atoms with van der Waals surface area (Å²) in [6.45, 7) is 3.63. The summed E-state index contributed by atoms with van der Waals surface area (Å²) in [7, 11) is 0. The second-order valence-corrected chi connectivity index (χ2v) is 4.37. The van der Waals surface area contributed by atoms with Crippen LogP contribution in [-0.4, -0.2) is 35.4 Å². The number of nitrogens with zero attached hydrogens (tertiary/aromatic N) is 2. The van der Waals surface area contributed by atoms with Crippen LogP contribution < -0.4 is 4.74 Å². The van der Waals surface area contributed by atoms with E-state index in [-0.39, 0.29) is 17.2 Å². The van der Waals surface area contributed by atoms with E-state index >= 15 is 0 Å². The lowest BCUT2D eigenvalue weighted by molar-refractivity contribution is -0.384. The fourth-order valence-electron chi connectivity index (χ4n) is 2.17. The van der Waals surface area contributed by atoms with E-state index in [1.807, 2.05) is 6.92 Å². The van der Waals surface area contributed by atoms with Crippen molar-refractivity contribution in [3.05, 3.63) is 33.9 Å². The maximum absolute atomic E-state index is 12.3. The van der Waals surface area contributed by atoms with Gasteiger partial charge in [0.2, 0.25) is 0 Å². The number of nitro groups is 1. The molecule has 1 aromatic carbocycles. The number of likely N-dealkylation sites (tertiary alicyclic amines) is 1. The Bertz CT molecular complexity index is 495. The van der Waals surface area contributed by atoms with Gasteiger partial charge in [-0.25, -0.2) is 0 Å². The SMILES string of the molecule is CCOc1ccc([N+](=O)[O-])cc1C(=O)N1CCCC1. The Morgan fingerprint density at radius 1 is 1.42 bits per heavy atom. The van der Waals surface area contributed by atoms with E-state index in [9.17, 15) is 14.9 Å². The molecule has 0 unspecified atom stereocenters. The van der Waals surface area contributed by atoms with E-state index in [0.717, 1.165) is 12.8 Å². The van der Waals surface area contributed by atoms with Crippen LogP contribution in [0.4, 0.5) is 5.69 Å². The highest BCUT2D eigenvalue weighted by Gasteiger charge is 2.24. The van der Waals surface area contributed by atoms with E-state index in [1.54, 1.807) is 4.90 Å². The Balaban J connectivity index is 2.35. The average molecular weight is 264 g/mol. The zero-order valence-electron chi connectivity index (χ0n) is 10.8. The summed E-state index contributed by atoms with van der Waals surface area (Å²) in [5.41, 5.74) is 0.184. The lowest BCUT2D eigenvalue weighted by Gasteiger charge is -2.17. The Morgan fingerprint density at radius 2 is 2.11 bits per heavy atom. The molecule has 0 aliphatic carbocycles. The van der Waals surface area contributed by atoms with Gasteiger partial charge in [0.15, 0.2) is 0 Å². The summed E-state index contributed by atoms with van der Waals surface area (Å²) in [6, 6.07) is 4.14. The summed E-state index contributed by atoms with van der Waals surface area (Å²) >= 11 is 0. The Labute approximate surface area is 111 Å². The number of rotatable bonds is 4. The molecule has 0 saturated carbocycles. The first-order valence-corrected chi connectivity index (χ1v) is 6.34. The number of non-ortho nitro benzene ring substituents is 1. The number of ether oxygens (including phenoxy) is 1. The standard InChI is InChI=1S/C13H16N2O4/c1-2-19-12-6-5-10(15(17)18)9-11(12)13(16)14-7-3-4-8-14/h5-6,9H,2-4,7-8H2,1H3. The van der Waals surface area contributed by atoms with Crippen LogP contribution >= 0.6 is 0 Å². The predicted octanol–water partition coefficient (Wildman–Crippen LogP) is 2.23. The van der Waals surface area contributed by atoms with Crippen LogP contribution in [0.1, 0.15) is 30.1 Å². The minimum Gasteiger partial charge on any atom is -0.493 e. The molecule has 6 heteroatoms. The van der Waals surface area contributed by atoms with Gasteiger partial charge < -0.3 is 9.64 Å². The minimum absolute atomic E-state index is 0.0917. The number of carbonyl (C=O) groups excluding carboxylic acids is 1. The first-order valence-electron chi connectivity index (χ1n) is 6.34. The number of benzene rings is 1. The normalized spacial score (nSPS) is 14.5. The number of carbonyl (C=O) groups is 1. The molecule has 1 aliphatic heterocycles. The molecule has 6 nitrogen and oxygen atoms in total. The molecule has 1 aromatic rings. The zero-order chi connectivity index (χ0) is 13.8. The highest BCUT2D eigenvalue weighted by Crippen LogP contribution is 2.26. The Hall–Kier alpha value is -2.11. The molecule has 0 aromatic heterocycles. The fourth-order valence-corrected chi connectivity index (χ4v) is 2.17. The lowest BCUT2D eigenvalue weighted by atomic mass is 10.1. The van der Waals surface area contributed by atoms with Crippen LogP contribution in [0.5, 0.6) is 5.75 Å². The number of amides is 1. The van der Waals surface area contributed by atoms with Crippen molar-refractivity contribution < 1.29 is 14.5 Å². The van der Waals surface area contributed by atoms with Crippen LogP contribution in [0.25, 0.3) is 0 Å². The summed E-state index contributed by atoms with van der Waals surface area (Å²) in [5, 5.41) is 10.8. The van der Waals surface area contributed by atoms with Gasteiger partial charge in [-0.05, 0) is 25.8 Å². The van der Waals surface area contributed by atoms with E-state index < -0.39 is 4.92 Å². The van der Waals surface area contributed by atoms with Crippen molar-refractivity contribution in [2.24, 2.45) is 0 Å². The van der Waals surface area contributed by atoms with Crippen LogP contribution in [0.3, 0.4) is 0 Å². The van der Waals surface area contributed by atoms with Gasteiger partial charge in [-0.1, -0.05) is 0 Å². The van der Waals surface area contributed by atoms with E-state index in [4.69, 9.17) is 4.74 Å². The predicted molar refractivity (Wildman–Crippen MR) is 69.4 cm³/mol. The Kier molecular flexibility index (Phi) is 3.99. The smallest absolute Gasteiger partial charge is 0.270 e. The van der Waals surface area contributed by atoms with E-state index in [1.165, 1.54) is 18.2 Å². The molecule has 1 amide bonds. The summed E-state index contributed by atoms with van der Waals surface area (Å²) in [4.78, 5) is 24.4. The van der Waals surface area contributed by atoms with Gasteiger partial charge in [-0.15, -0.1) is 0 Å². The van der Waals surface area contributed by atoms with Crippen LogP contribution in [0, 0.1) is 10.1 Å². The quantitative estimate of drug-likeness (QED) is 0.617.